The Morgan fingerprint density at radius 1 is 1.00 bits per heavy atom. The molecule has 1 aliphatic heterocycles. The van der Waals surface area contributed by atoms with E-state index in [1.807, 2.05) is 20.8 Å². The van der Waals surface area contributed by atoms with Crippen LogP contribution in [0.4, 0.5) is 0 Å². The molecule has 0 radical (unpaired) electrons. The molecule has 43 heavy (non-hydrogen) atoms. The molecular weight excluding hydrogens is 794 g/mol. The van der Waals surface area contributed by atoms with Gasteiger partial charge >= 0.3 is 5.97 Å². The summed E-state index contributed by atoms with van der Waals surface area (Å²) in [7, 11) is 1.58. The predicted octanol–water partition coefficient (Wildman–Crippen LogP) is -2.00. The van der Waals surface area contributed by atoms with Crippen molar-refractivity contribution >= 4 is 54.1 Å². The van der Waals surface area contributed by atoms with Crippen molar-refractivity contribution in [2.75, 3.05) is 39.8 Å². The minimum Gasteiger partial charge on any atom is -0.354 e. The third kappa shape index (κ3) is 18.1. The molecule has 0 saturated carbocycles. The smallest absolute Gasteiger partial charge is 0.334 e. The standard InChI is InChI=1S/C14H20N5O7.C12H21NO3.U/c1-15-6-9(20)17-8-11(22)18-7-10(21)16-5-4-14(25)26-19-12(23)2-3-13(19)24;1-4-11(10(2)3)12(16)13(9-15)7-5-6-8-14;/h2,15H,3-8H2,1H3,(H,16,21)(H,17,20)(H,18,22);8-11H,4-7H2,1-3H3;/q-1;;. The van der Waals surface area contributed by atoms with Crippen LogP contribution in [0.5, 0.6) is 0 Å². The first-order valence-corrected chi connectivity index (χ1v) is 13.5. The van der Waals surface area contributed by atoms with Crippen molar-refractivity contribution in [2.45, 2.75) is 52.9 Å². The number of nitrogens with one attached hydrogen (secondary N) is 4. The van der Waals surface area contributed by atoms with Gasteiger partial charge in [-0.15, -0.1) is 5.06 Å². The van der Waals surface area contributed by atoms with E-state index in [0.29, 0.717) is 30.9 Å². The average Bonchev–Trinajstić information content (AvgIpc) is 3.25. The van der Waals surface area contributed by atoms with Gasteiger partial charge in [0.15, 0.2) is 0 Å². The molecule has 0 aromatic rings. The van der Waals surface area contributed by atoms with Crippen molar-refractivity contribution < 1.29 is 79.1 Å². The average molecular weight is 836 g/mol. The van der Waals surface area contributed by atoms with Crippen LogP contribution in [0.3, 0.4) is 0 Å². The van der Waals surface area contributed by atoms with Crippen molar-refractivity contribution in [3.05, 3.63) is 6.42 Å². The van der Waals surface area contributed by atoms with Gasteiger partial charge in [0.2, 0.25) is 35.9 Å². The van der Waals surface area contributed by atoms with Gasteiger partial charge in [0.05, 0.1) is 26.1 Å². The van der Waals surface area contributed by atoms with Gasteiger partial charge in [-0.05, 0) is 25.8 Å². The minimum absolute atomic E-state index is 0. The number of nitrogens with zero attached hydrogens (tertiary/aromatic N) is 2. The van der Waals surface area contributed by atoms with Gasteiger partial charge in [-0.2, -0.15) is 0 Å². The van der Waals surface area contributed by atoms with E-state index in [4.69, 9.17) is 0 Å². The first-order valence-electron chi connectivity index (χ1n) is 13.5. The van der Waals surface area contributed by atoms with Gasteiger partial charge in [-0.25, -0.2) is 4.79 Å². The van der Waals surface area contributed by atoms with Crippen LogP contribution in [0.15, 0.2) is 0 Å². The topological polar surface area (TPSA) is 217 Å². The van der Waals surface area contributed by atoms with Gasteiger partial charge in [0.25, 0.3) is 0 Å². The van der Waals surface area contributed by atoms with Crippen LogP contribution in [0.1, 0.15) is 52.9 Å². The molecule has 0 bridgehead atoms. The van der Waals surface area contributed by atoms with Crippen LogP contribution in [0.25, 0.3) is 0 Å². The summed E-state index contributed by atoms with van der Waals surface area (Å²) in [6.45, 7) is 5.58. The summed E-state index contributed by atoms with van der Waals surface area (Å²) in [4.78, 5) is 107. The molecule has 0 aliphatic carbocycles. The number of hydroxylamine groups is 2. The maximum absolute atomic E-state index is 11.9. The van der Waals surface area contributed by atoms with E-state index in [1.165, 1.54) is 4.90 Å². The summed E-state index contributed by atoms with van der Waals surface area (Å²) in [5, 5.41) is 9.96. The van der Waals surface area contributed by atoms with Crippen molar-refractivity contribution in [2.24, 2.45) is 11.8 Å². The molecule has 1 heterocycles. The van der Waals surface area contributed by atoms with Gasteiger partial charge < -0.3 is 35.7 Å². The number of carbonyl (C=O) groups excluding carboxylic acids is 9. The molecule has 1 aliphatic rings. The van der Waals surface area contributed by atoms with Crippen LogP contribution in [0.2, 0.25) is 0 Å². The van der Waals surface area contributed by atoms with Crippen LogP contribution < -0.4 is 21.3 Å². The molecule has 0 aromatic heterocycles. The fourth-order valence-electron chi connectivity index (χ4n) is 3.42. The number of likely N-dealkylation sites (N-methyl/N-ethyl adjacent to an activating group) is 1. The van der Waals surface area contributed by atoms with E-state index >= 15 is 0 Å². The molecule has 1 rings (SSSR count). The minimum atomic E-state index is -0.862. The Morgan fingerprint density at radius 2 is 1.58 bits per heavy atom. The third-order valence-corrected chi connectivity index (χ3v) is 5.65. The van der Waals surface area contributed by atoms with Crippen molar-refractivity contribution in [3.63, 3.8) is 0 Å². The Hall–Kier alpha value is -3.29. The molecule has 1 atom stereocenters. The molecule has 1 fully saturated rings. The number of amides is 7. The van der Waals surface area contributed by atoms with Crippen LogP contribution in [-0.4, -0.2) is 104 Å². The number of hydrogen-bond acceptors (Lipinski definition) is 11. The second-order valence-electron chi connectivity index (χ2n) is 9.29. The molecule has 0 aromatic carbocycles. The van der Waals surface area contributed by atoms with E-state index in [2.05, 4.69) is 26.1 Å². The SMILES string of the molecule is CCC(C(=O)N(C=O)CCCC=O)C(C)C.CNCC(=O)NCC(=O)NCC(=O)NCCC(=O)ON1C(=O)[CH-]CC1=O.[U]. The maximum atomic E-state index is 11.9. The Morgan fingerprint density at radius 3 is 2.05 bits per heavy atom. The van der Waals surface area contributed by atoms with Gasteiger partial charge in [-0.3, -0.25) is 40.1 Å². The molecule has 1 unspecified atom stereocenters. The van der Waals surface area contributed by atoms with Crippen LogP contribution in [-0.2, 0) is 48.0 Å². The number of carbonyl (C=O) groups is 9. The van der Waals surface area contributed by atoms with E-state index in [-0.39, 0.29) is 93.8 Å². The molecule has 1 saturated heterocycles. The number of imide groups is 2. The van der Waals surface area contributed by atoms with Gasteiger partial charge in [0.1, 0.15) is 12.2 Å². The summed E-state index contributed by atoms with van der Waals surface area (Å²) in [6, 6.07) is 0. The number of rotatable bonds is 18. The summed E-state index contributed by atoms with van der Waals surface area (Å²) >= 11 is 0. The largest absolute Gasteiger partial charge is 0.354 e. The summed E-state index contributed by atoms with van der Waals surface area (Å²) in [5.74, 6) is -3.70. The van der Waals surface area contributed by atoms with Crippen molar-refractivity contribution in [1.82, 2.24) is 31.2 Å². The molecule has 240 valence electrons. The molecular formula is C26H41N6O10U-. The van der Waals surface area contributed by atoms with Crippen LogP contribution in [0, 0.1) is 49.4 Å². The normalized spacial score (nSPS) is 12.4. The van der Waals surface area contributed by atoms with Gasteiger partial charge in [0, 0.05) is 56.5 Å². The Balaban J connectivity index is 0. The molecule has 0 spiro atoms. The molecule has 17 heteroatoms. The maximum Gasteiger partial charge on any atom is 0.334 e. The van der Waals surface area contributed by atoms with Crippen molar-refractivity contribution in [3.8, 4) is 0 Å². The predicted molar refractivity (Wildman–Crippen MR) is 146 cm³/mol. The first kappa shape index (κ1) is 41.8. The second-order valence-corrected chi connectivity index (χ2v) is 9.29. The zero-order chi connectivity index (χ0) is 32.1. The first-order chi connectivity index (χ1) is 19.9. The van der Waals surface area contributed by atoms with Crippen molar-refractivity contribution in [1.29, 1.82) is 0 Å². The molecule has 7 amide bonds. The summed E-state index contributed by atoms with van der Waals surface area (Å²) < 4.78 is 0. The number of unbranched alkanes of at least 4 members (excludes halogenated alkanes) is 1. The molecule has 4 N–H and O–H groups in total. The Labute approximate surface area is 274 Å². The van der Waals surface area contributed by atoms with Gasteiger partial charge in [-0.1, -0.05) is 27.2 Å². The quantitative estimate of drug-likeness (QED) is 0.0513. The van der Waals surface area contributed by atoms with E-state index in [0.717, 1.165) is 19.1 Å². The molecule has 16 nitrogen and oxygen atoms in total. The van der Waals surface area contributed by atoms with E-state index < -0.39 is 29.6 Å². The Bertz CT molecular complexity index is 962. The number of aldehydes is 1. The van der Waals surface area contributed by atoms with Crippen LogP contribution >= 0.6 is 0 Å². The fourth-order valence-corrected chi connectivity index (χ4v) is 3.42. The summed E-state index contributed by atoms with van der Waals surface area (Å²) in [6.07, 6.45) is 3.72. The zero-order valence-corrected chi connectivity index (χ0v) is 29.1. The number of hydrogen-bond donors (Lipinski definition) is 4. The third-order valence-electron chi connectivity index (χ3n) is 5.65. The van der Waals surface area contributed by atoms with E-state index in [1.54, 1.807) is 7.05 Å². The van der Waals surface area contributed by atoms with E-state index in [9.17, 15) is 43.2 Å². The second kappa shape index (κ2) is 24.2. The zero-order valence-electron chi connectivity index (χ0n) is 24.9. The Kier molecular flexibility index (Phi) is 23.5. The monoisotopic (exact) mass is 835 g/mol. The fraction of sp³-hybridized carbons (Fsp3) is 0.615. The summed E-state index contributed by atoms with van der Waals surface area (Å²) in [5.41, 5.74) is 0.